The highest BCUT2D eigenvalue weighted by Gasteiger charge is 2.46. The Morgan fingerprint density at radius 1 is 1.12 bits per heavy atom. The van der Waals surface area contributed by atoms with Crippen molar-refractivity contribution in [1.29, 1.82) is 0 Å². The van der Waals surface area contributed by atoms with Gasteiger partial charge in [-0.2, -0.15) is 5.10 Å². The average molecular weight is 568 g/mol. The van der Waals surface area contributed by atoms with Gasteiger partial charge in [-0.1, -0.05) is 11.6 Å². The van der Waals surface area contributed by atoms with Gasteiger partial charge in [0.05, 0.1) is 47.5 Å². The van der Waals surface area contributed by atoms with Gasteiger partial charge >= 0.3 is 0 Å². The van der Waals surface area contributed by atoms with Crippen LogP contribution in [0.25, 0.3) is 16.4 Å². The lowest BCUT2D eigenvalue weighted by atomic mass is 10.0. The van der Waals surface area contributed by atoms with Crippen LogP contribution in [0.5, 0.6) is 23.1 Å². The second-order valence-electron chi connectivity index (χ2n) is 9.41. The Bertz CT molecular complexity index is 1700. The molecule has 0 amide bonds. The lowest BCUT2D eigenvalue weighted by Gasteiger charge is -2.36. The van der Waals surface area contributed by atoms with Gasteiger partial charge in [-0.3, -0.25) is 0 Å². The van der Waals surface area contributed by atoms with E-state index in [0.29, 0.717) is 45.5 Å². The number of likely N-dealkylation sites (tertiary alicyclic amines) is 1. The molecule has 1 N–H and O–H groups in total. The minimum atomic E-state index is -3.07. The number of nitrogens with one attached hydrogen (secondary N) is 1. The number of piperidine rings is 1. The molecule has 1 aliphatic heterocycles. The summed E-state index contributed by atoms with van der Waals surface area (Å²) in [6.45, 7) is 0.0492. The molecule has 0 radical (unpaired) electrons. The first-order valence-electron chi connectivity index (χ1n) is 12.4. The Morgan fingerprint density at radius 3 is 2.80 bits per heavy atom. The molecular formula is C27H24ClF2N7O3. The number of ether oxygens (including phenoxy) is 3. The lowest BCUT2D eigenvalue weighted by Crippen LogP contribution is -2.52. The summed E-state index contributed by atoms with van der Waals surface area (Å²) in [7, 11) is 3.05. The molecule has 0 bridgehead atoms. The van der Waals surface area contributed by atoms with Crippen molar-refractivity contribution in [2.45, 2.75) is 18.4 Å². The van der Waals surface area contributed by atoms with Crippen molar-refractivity contribution in [3.05, 3.63) is 66.3 Å². The number of methoxy groups -OCH3 is 1. The normalized spacial score (nSPS) is 17.2. The first kappa shape index (κ1) is 26.0. The summed E-state index contributed by atoms with van der Waals surface area (Å²) in [6.07, 6.45) is 5.03. The number of nitrogens with zero attached hydrogens (tertiary/aromatic N) is 6. The Balaban J connectivity index is 1.31. The number of halogens is 3. The maximum absolute atomic E-state index is 14.9. The third-order valence-electron chi connectivity index (χ3n) is 6.57. The van der Waals surface area contributed by atoms with Crippen LogP contribution in [0.1, 0.15) is 6.42 Å². The number of anilines is 2. The van der Waals surface area contributed by atoms with Crippen molar-refractivity contribution in [1.82, 2.24) is 29.5 Å². The molecule has 0 saturated carbocycles. The van der Waals surface area contributed by atoms with Gasteiger partial charge < -0.3 is 24.4 Å². The van der Waals surface area contributed by atoms with Crippen LogP contribution in [-0.4, -0.2) is 68.7 Å². The summed E-state index contributed by atoms with van der Waals surface area (Å²) in [5.41, 5.74) is 1.90. The molecule has 0 unspecified atom stereocenters. The third-order valence-corrected chi connectivity index (χ3v) is 6.87. The molecule has 1 aromatic carbocycles. The molecule has 6 rings (SSSR count). The Kier molecular flexibility index (Phi) is 6.72. The molecule has 5 heterocycles. The Morgan fingerprint density at radius 2 is 2.00 bits per heavy atom. The first-order valence-corrected chi connectivity index (χ1v) is 12.8. The van der Waals surface area contributed by atoms with E-state index in [1.54, 1.807) is 47.1 Å². The average Bonchev–Trinajstić information content (AvgIpc) is 3.39. The number of benzene rings is 1. The van der Waals surface area contributed by atoms with E-state index in [1.807, 2.05) is 18.2 Å². The molecule has 5 aromatic rings. The maximum atomic E-state index is 14.9. The lowest BCUT2D eigenvalue weighted by molar-refractivity contribution is -0.135. The number of alkyl halides is 2. The number of hydrogen-bond acceptors (Lipinski definition) is 9. The molecule has 0 spiro atoms. The monoisotopic (exact) mass is 567 g/mol. The number of rotatable bonds is 7. The van der Waals surface area contributed by atoms with E-state index in [0.717, 1.165) is 5.52 Å². The van der Waals surface area contributed by atoms with E-state index in [1.165, 1.54) is 19.6 Å². The summed E-state index contributed by atoms with van der Waals surface area (Å²) < 4.78 is 48.7. The van der Waals surface area contributed by atoms with Crippen LogP contribution in [0.3, 0.4) is 0 Å². The largest absolute Gasteiger partial charge is 0.478 e. The topological polar surface area (TPSA) is 98.9 Å². The quantitative estimate of drug-likeness (QED) is 0.270. The fourth-order valence-electron chi connectivity index (χ4n) is 4.61. The van der Waals surface area contributed by atoms with Crippen LogP contribution in [0.15, 0.2) is 61.3 Å². The molecule has 1 saturated heterocycles. The van der Waals surface area contributed by atoms with Crippen LogP contribution in [-0.2, 0) is 0 Å². The summed E-state index contributed by atoms with van der Waals surface area (Å²) in [5.74, 6) is -1.67. The van der Waals surface area contributed by atoms with E-state index in [4.69, 9.17) is 25.8 Å². The molecule has 4 aromatic heterocycles. The predicted octanol–water partition coefficient (Wildman–Crippen LogP) is 5.59. The minimum absolute atomic E-state index is 0.0393. The van der Waals surface area contributed by atoms with E-state index in [-0.39, 0.29) is 18.1 Å². The van der Waals surface area contributed by atoms with Crippen LogP contribution in [0.2, 0.25) is 5.02 Å². The maximum Gasteiger partial charge on any atom is 0.296 e. The van der Waals surface area contributed by atoms with Gasteiger partial charge in [0.2, 0.25) is 0 Å². The molecular weight excluding hydrogens is 544 g/mol. The Hall–Kier alpha value is -4.29. The fourth-order valence-corrected chi connectivity index (χ4v) is 4.83. The molecule has 13 heteroatoms. The van der Waals surface area contributed by atoms with Crippen LogP contribution >= 0.6 is 11.6 Å². The second kappa shape index (κ2) is 10.4. The number of pyridine rings is 2. The van der Waals surface area contributed by atoms with Gasteiger partial charge in [-0.25, -0.2) is 28.2 Å². The highest BCUT2D eigenvalue weighted by molar-refractivity contribution is 6.32. The van der Waals surface area contributed by atoms with E-state index < -0.39 is 18.6 Å². The highest BCUT2D eigenvalue weighted by atomic mass is 35.5. The van der Waals surface area contributed by atoms with Crippen LogP contribution < -0.4 is 19.5 Å². The van der Waals surface area contributed by atoms with Crippen molar-refractivity contribution in [3.63, 3.8) is 0 Å². The van der Waals surface area contributed by atoms with Gasteiger partial charge in [0.1, 0.15) is 23.6 Å². The number of aromatic nitrogens is 5. The molecule has 40 heavy (non-hydrogen) atoms. The van der Waals surface area contributed by atoms with Gasteiger partial charge in [0, 0.05) is 24.8 Å². The van der Waals surface area contributed by atoms with Crippen molar-refractivity contribution in [3.8, 4) is 23.1 Å². The summed E-state index contributed by atoms with van der Waals surface area (Å²) in [6, 6.07) is 10.7. The van der Waals surface area contributed by atoms with Gasteiger partial charge in [0.25, 0.3) is 11.8 Å². The first-order chi connectivity index (χ1) is 19.3. The smallest absolute Gasteiger partial charge is 0.296 e. The van der Waals surface area contributed by atoms with E-state index in [2.05, 4.69) is 25.4 Å². The number of fused-ring (bicyclic) bond motifs is 2. The molecule has 206 valence electrons. The summed E-state index contributed by atoms with van der Waals surface area (Å²) in [5, 5.41) is 8.10. The van der Waals surface area contributed by atoms with Crippen molar-refractivity contribution in [2.24, 2.45) is 0 Å². The van der Waals surface area contributed by atoms with Crippen LogP contribution in [0.4, 0.5) is 20.3 Å². The van der Waals surface area contributed by atoms with Gasteiger partial charge in [-0.05, 0) is 43.4 Å². The van der Waals surface area contributed by atoms with Crippen LogP contribution in [0, 0.1) is 0 Å². The van der Waals surface area contributed by atoms with E-state index >= 15 is 0 Å². The van der Waals surface area contributed by atoms with Crippen molar-refractivity contribution < 1.29 is 23.0 Å². The second-order valence-corrected chi connectivity index (χ2v) is 9.82. The van der Waals surface area contributed by atoms with Crippen molar-refractivity contribution >= 4 is 39.5 Å². The zero-order valence-electron chi connectivity index (χ0n) is 21.5. The molecule has 1 aliphatic rings. The molecule has 1 atom stereocenters. The third kappa shape index (κ3) is 5.03. The SMILES string of the molecule is COc1ncc2ncnc(Nc3ccc(Oc4ccc5ccnn5c4)c(Cl)c3)c2c1O[C@@H]1CCN(C)CC1(F)F. The Labute approximate surface area is 232 Å². The zero-order chi connectivity index (χ0) is 27.9. The molecule has 1 fully saturated rings. The highest BCUT2D eigenvalue weighted by Crippen LogP contribution is 2.41. The molecule has 10 nitrogen and oxygen atoms in total. The minimum Gasteiger partial charge on any atom is -0.478 e. The number of hydrogen-bond donors (Lipinski definition) is 1. The van der Waals surface area contributed by atoms with Gasteiger partial charge in [0.15, 0.2) is 11.9 Å². The van der Waals surface area contributed by atoms with Crippen molar-refractivity contribution in [2.75, 3.05) is 32.6 Å². The summed E-state index contributed by atoms with van der Waals surface area (Å²) >= 11 is 6.55. The standard InChI is InChI=1S/C27H24ClF2N7O3/c1-36-10-8-22(27(29,30)14-36)40-24-23-20(12-31-26(24)38-2)32-15-33-25(23)35-16-3-6-21(19(28)11-16)39-18-5-4-17-7-9-34-37(17)13-18/h3-7,9,11-13,15,22H,8,10,14H2,1-2H3,(H,32,33,35)/t22-/m1/s1. The summed E-state index contributed by atoms with van der Waals surface area (Å²) in [4.78, 5) is 14.4. The van der Waals surface area contributed by atoms with E-state index in [9.17, 15) is 8.78 Å². The predicted molar refractivity (Wildman–Crippen MR) is 145 cm³/mol. The molecule has 0 aliphatic carbocycles. The zero-order valence-corrected chi connectivity index (χ0v) is 22.3. The fraction of sp³-hybridized carbons (Fsp3) is 0.259. The van der Waals surface area contributed by atoms with Gasteiger partial charge in [-0.15, -0.1) is 0 Å².